The Bertz CT molecular complexity index is 609. The van der Waals surface area contributed by atoms with Crippen LogP contribution >= 0.6 is 15.9 Å². The van der Waals surface area contributed by atoms with Gasteiger partial charge in [0, 0.05) is 54.7 Å². The molecule has 25 heavy (non-hydrogen) atoms. The molecule has 0 aromatic heterocycles. The molecule has 0 N–H and O–H groups in total. The molecule has 1 rings (SSSR count). The topological polar surface area (TPSA) is 61.8 Å². The molecule has 5 nitrogen and oxygen atoms in total. The highest BCUT2D eigenvalue weighted by Gasteiger charge is 2.16. The molecule has 0 heterocycles. The van der Waals surface area contributed by atoms with Crippen molar-refractivity contribution in [1.29, 1.82) is 0 Å². The minimum absolute atomic E-state index is 0.202. The maximum atomic E-state index is 11.7. The van der Waals surface area contributed by atoms with Gasteiger partial charge in [-0.3, -0.25) is 0 Å². The van der Waals surface area contributed by atoms with Crippen LogP contribution in [0.1, 0.15) is 5.56 Å². The van der Waals surface area contributed by atoms with Crippen LogP contribution in [0.25, 0.3) is 0 Å². The van der Waals surface area contributed by atoms with Gasteiger partial charge in [0.2, 0.25) is 0 Å². The van der Waals surface area contributed by atoms with E-state index in [9.17, 15) is 9.59 Å². The quantitative estimate of drug-likeness (QED) is 0.395. The zero-order valence-corrected chi connectivity index (χ0v) is 15.9. The summed E-state index contributed by atoms with van der Waals surface area (Å²) in [6, 6.07) is 5.40. The van der Waals surface area contributed by atoms with Crippen LogP contribution in [0.2, 0.25) is 0 Å². The number of methoxy groups -OCH3 is 3. The third-order valence-electron chi connectivity index (χ3n) is 2.81. The van der Waals surface area contributed by atoms with E-state index in [1.54, 1.807) is 19.2 Å². The van der Waals surface area contributed by atoms with Crippen molar-refractivity contribution >= 4 is 64.5 Å². The maximum absolute atomic E-state index is 11.7. The zero-order valence-electron chi connectivity index (χ0n) is 14.3. The van der Waals surface area contributed by atoms with Crippen molar-refractivity contribution in [1.82, 2.24) is 0 Å². The Morgan fingerprint density at radius 2 is 1.84 bits per heavy atom. The summed E-state index contributed by atoms with van der Waals surface area (Å²) in [5.41, 5.74) is 0.998. The lowest BCUT2D eigenvalue weighted by molar-refractivity contribution is -0.138. The minimum Gasteiger partial charge on any atom is -0.496 e. The lowest BCUT2D eigenvalue weighted by atomic mass is 8.97. The molecule has 0 saturated carbocycles. The summed E-state index contributed by atoms with van der Waals surface area (Å²) >= 11 is 3.40. The van der Waals surface area contributed by atoms with Crippen molar-refractivity contribution in [3.8, 4) is 5.75 Å². The highest BCUT2D eigenvalue weighted by molar-refractivity contribution is 9.10. The van der Waals surface area contributed by atoms with E-state index in [1.807, 2.05) is 6.07 Å². The average molecular weight is 397 g/mol. The van der Waals surface area contributed by atoms with Crippen molar-refractivity contribution in [3.05, 3.63) is 39.9 Å². The first-order chi connectivity index (χ1) is 11.8. The second kappa shape index (κ2) is 12.8. The van der Waals surface area contributed by atoms with Crippen LogP contribution in [0.5, 0.6) is 5.75 Å². The van der Waals surface area contributed by atoms with E-state index >= 15 is 0 Å². The number of halogens is 1. The van der Waals surface area contributed by atoms with E-state index in [4.69, 9.17) is 27.9 Å². The van der Waals surface area contributed by atoms with Crippen molar-refractivity contribution in [2.45, 2.75) is 6.42 Å². The molecule has 0 spiro atoms. The normalized spacial score (nSPS) is 10.0. The number of esters is 2. The Labute approximate surface area is 161 Å². The lowest BCUT2D eigenvalue weighted by Crippen LogP contribution is -2.23. The number of benzene rings is 1. The van der Waals surface area contributed by atoms with E-state index < -0.39 is 18.3 Å². The maximum Gasteiger partial charge on any atom is 0.334 e. The van der Waals surface area contributed by atoms with Gasteiger partial charge < -0.3 is 14.2 Å². The molecule has 0 bridgehead atoms. The summed E-state index contributed by atoms with van der Waals surface area (Å²) in [7, 11) is 19.9. The van der Waals surface area contributed by atoms with Gasteiger partial charge in [-0.05, 0) is 27.6 Å². The van der Waals surface area contributed by atoms with Gasteiger partial charge in [0.15, 0.2) is 0 Å². The zero-order chi connectivity index (χ0) is 19.4. The fourth-order valence-electron chi connectivity index (χ4n) is 1.57. The molecule has 11 heteroatoms. The standard InChI is InChI=1S/C14H15BrO5.B5/c1-18-11-6-4-5-9(13(11)15)7-10(14(17)20-3)8-12(16)19-2;1-4-5(2)3/h4-6,8H,7H2,1-3H3;/b10-8-;. The van der Waals surface area contributed by atoms with Crippen LogP contribution in [-0.4, -0.2) is 69.9 Å². The van der Waals surface area contributed by atoms with Gasteiger partial charge in [-0.2, -0.15) is 0 Å². The summed E-state index contributed by atoms with van der Waals surface area (Å²) in [4.78, 5) is 23.0. The molecule has 1 aromatic rings. The molecule has 0 fully saturated rings. The van der Waals surface area contributed by atoms with Crippen LogP contribution in [0.3, 0.4) is 0 Å². The van der Waals surface area contributed by atoms with E-state index in [-0.39, 0.29) is 12.0 Å². The van der Waals surface area contributed by atoms with Gasteiger partial charge in [0.1, 0.15) is 5.75 Å². The molecule has 123 valence electrons. The van der Waals surface area contributed by atoms with E-state index in [0.29, 0.717) is 5.75 Å². The van der Waals surface area contributed by atoms with Crippen molar-refractivity contribution in [3.63, 3.8) is 0 Å². The van der Waals surface area contributed by atoms with Gasteiger partial charge in [0.25, 0.3) is 0 Å². The summed E-state index contributed by atoms with van der Waals surface area (Å²) < 4.78 is 15.1. The lowest BCUT2D eigenvalue weighted by Gasteiger charge is -2.10. The minimum atomic E-state index is -0.607. The van der Waals surface area contributed by atoms with E-state index in [1.165, 1.54) is 21.3 Å². The third-order valence-corrected chi connectivity index (χ3v) is 3.71. The Morgan fingerprint density at radius 1 is 1.24 bits per heavy atom. The third kappa shape index (κ3) is 8.96. The number of ether oxygens (including phenoxy) is 3. The molecule has 0 atom stereocenters. The van der Waals surface area contributed by atoms with Crippen LogP contribution in [0.4, 0.5) is 0 Å². The molecule has 0 aliphatic carbocycles. The number of carbonyl (C=O) groups excluding carboxylic acids is 2. The molecule has 7 radical (unpaired) electrons. The number of carbonyl (C=O) groups is 2. The second-order valence-electron chi connectivity index (χ2n) is 4.56. The first kappa shape index (κ1) is 23.5. The van der Waals surface area contributed by atoms with Crippen LogP contribution < -0.4 is 4.74 Å². The van der Waals surface area contributed by atoms with Gasteiger partial charge >= 0.3 is 11.9 Å². The monoisotopic (exact) mass is 397 g/mol. The highest BCUT2D eigenvalue weighted by Crippen LogP contribution is 2.30. The largest absolute Gasteiger partial charge is 0.496 e. The molecular weight excluding hydrogens is 382 g/mol. The Morgan fingerprint density at radius 3 is 2.28 bits per heavy atom. The molecule has 0 amide bonds. The molecule has 0 unspecified atom stereocenters. The average Bonchev–Trinajstić information content (AvgIpc) is 2.62. The summed E-state index contributed by atoms with van der Waals surface area (Å²) in [6.45, 7) is 0. The molecular formula is C14H15B5BrO5. The highest BCUT2D eigenvalue weighted by atomic mass is 79.9. The van der Waals surface area contributed by atoms with Gasteiger partial charge in [-0.1, -0.05) is 12.1 Å². The Hall–Kier alpha value is -1.50. The van der Waals surface area contributed by atoms with Gasteiger partial charge in [-0.25, -0.2) is 9.59 Å². The predicted octanol–water partition coefficient (Wildman–Crippen LogP) is 0.369. The molecule has 1 aromatic carbocycles. The molecule has 0 aliphatic heterocycles. The van der Waals surface area contributed by atoms with Crippen molar-refractivity contribution < 1.29 is 23.8 Å². The first-order valence-corrected chi connectivity index (χ1v) is 7.84. The Kier molecular flexibility index (Phi) is 12.0. The molecule has 0 saturated heterocycles. The summed E-state index contributed by atoms with van der Waals surface area (Å²) in [6.07, 6.45) is 0.882. The van der Waals surface area contributed by atoms with Gasteiger partial charge in [-0.15, -0.1) is 0 Å². The number of rotatable bonds is 6. The fourth-order valence-corrected chi connectivity index (χ4v) is 2.14. The first-order valence-electron chi connectivity index (χ1n) is 7.05. The molecule has 0 aliphatic rings. The number of hydrogen-bond donors (Lipinski definition) is 0. The van der Waals surface area contributed by atoms with Crippen molar-refractivity contribution in [2.75, 3.05) is 21.3 Å². The van der Waals surface area contributed by atoms with Crippen LogP contribution in [-0.2, 0) is 25.5 Å². The van der Waals surface area contributed by atoms with Gasteiger partial charge in [0.05, 0.1) is 25.8 Å². The fraction of sp³-hybridized carbons (Fsp3) is 0.286. The summed E-state index contributed by atoms with van der Waals surface area (Å²) in [5.74, 6) is -0.542. The predicted molar refractivity (Wildman–Crippen MR) is 105 cm³/mol. The second-order valence-corrected chi connectivity index (χ2v) is 5.36. The van der Waals surface area contributed by atoms with E-state index in [2.05, 4.69) is 25.4 Å². The van der Waals surface area contributed by atoms with E-state index in [0.717, 1.165) is 16.1 Å². The summed E-state index contributed by atoms with van der Waals surface area (Å²) in [5, 5.41) is 0. The smallest absolute Gasteiger partial charge is 0.334 e. The van der Waals surface area contributed by atoms with Crippen LogP contribution in [0.15, 0.2) is 34.3 Å². The van der Waals surface area contributed by atoms with Crippen LogP contribution in [0, 0.1) is 0 Å². The number of hydrogen-bond acceptors (Lipinski definition) is 5. The van der Waals surface area contributed by atoms with Crippen molar-refractivity contribution in [2.24, 2.45) is 0 Å². The SMILES string of the molecule is COC(=O)/C=C(/Cc1cccc(OC)c1Br)C(=O)OC.[B][B]B([B])[B]. The Balaban J connectivity index is 0.00000101.